The van der Waals surface area contributed by atoms with Gasteiger partial charge < -0.3 is 10.4 Å². The number of rotatable bonds is 6. The van der Waals surface area contributed by atoms with Crippen molar-refractivity contribution in [3.8, 4) is 0 Å². The van der Waals surface area contributed by atoms with Crippen LogP contribution in [0, 0.1) is 0 Å². The average molecular weight is 199 g/mol. The number of aliphatic hydroxyl groups is 1. The van der Waals surface area contributed by atoms with E-state index >= 15 is 0 Å². The third kappa shape index (κ3) is 3.39. The van der Waals surface area contributed by atoms with E-state index in [4.69, 9.17) is 5.11 Å². The second-order valence-electron chi connectivity index (χ2n) is 3.19. The molecule has 0 aliphatic carbocycles. The predicted octanol–water partition coefficient (Wildman–Crippen LogP) is -0.539. The summed E-state index contributed by atoms with van der Waals surface area (Å²) in [7, 11) is 1.74. The molecular formula is C8H17N5O. The Kier molecular flexibility index (Phi) is 4.48. The van der Waals surface area contributed by atoms with E-state index in [0.717, 1.165) is 12.8 Å². The number of nitrogens with one attached hydrogen (secondary N) is 1. The van der Waals surface area contributed by atoms with E-state index in [1.54, 1.807) is 7.05 Å². The first-order chi connectivity index (χ1) is 6.76. The Bertz CT molecular complexity index is 262. The zero-order chi connectivity index (χ0) is 10.4. The van der Waals surface area contributed by atoms with Crippen LogP contribution in [0.1, 0.15) is 25.6 Å². The molecule has 1 rings (SSSR count). The molecule has 1 aromatic heterocycles. The molecule has 1 atom stereocenters. The Morgan fingerprint density at radius 1 is 1.57 bits per heavy atom. The minimum Gasteiger partial charge on any atom is -0.396 e. The minimum atomic E-state index is 0.208. The maximum absolute atomic E-state index is 8.78. The molecule has 0 amide bonds. The Balaban J connectivity index is 2.31. The summed E-state index contributed by atoms with van der Waals surface area (Å²) >= 11 is 0. The molecule has 1 heterocycles. The molecule has 1 aromatic rings. The molecule has 0 radical (unpaired) electrons. The highest BCUT2D eigenvalue weighted by atomic mass is 16.3. The monoisotopic (exact) mass is 199 g/mol. The molecule has 0 aromatic carbocycles. The fourth-order valence-electron chi connectivity index (χ4n) is 1.24. The van der Waals surface area contributed by atoms with Crippen LogP contribution >= 0.6 is 0 Å². The molecule has 0 bridgehead atoms. The molecule has 0 fully saturated rings. The normalized spacial score (nSPS) is 13.1. The van der Waals surface area contributed by atoms with Crippen LogP contribution in [0.4, 0.5) is 0 Å². The predicted molar refractivity (Wildman–Crippen MR) is 51.4 cm³/mol. The number of aliphatic hydroxyl groups excluding tert-OH is 1. The van der Waals surface area contributed by atoms with Crippen molar-refractivity contribution in [1.29, 1.82) is 0 Å². The molecular weight excluding hydrogens is 182 g/mol. The average Bonchev–Trinajstić information content (AvgIpc) is 2.59. The Morgan fingerprint density at radius 2 is 2.36 bits per heavy atom. The maximum atomic E-state index is 8.78. The van der Waals surface area contributed by atoms with Crippen molar-refractivity contribution in [2.24, 2.45) is 7.05 Å². The van der Waals surface area contributed by atoms with Gasteiger partial charge in [0.05, 0.1) is 13.6 Å². The Morgan fingerprint density at radius 3 is 2.86 bits per heavy atom. The molecule has 0 aliphatic heterocycles. The standard InChI is InChI=1S/C8H17N5O/c1-3-7(4-5-14)9-6-8-10-12-13(2)11-8/h7,9,14H,3-6H2,1-2H3. The van der Waals surface area contributed by atoms with E-state index in [1.165, 1.54) is 4.80 Å². The van der Waals surface area contributed by atoms with Crippen molar-refractivity contribution in [2.45, 2.75) is 32.4 Å². The van der Waals surface area contributed by atoms with Crippen LogP contribution in [-0.4, -0.2) is 38.0 Å². The molecule has 6 heteroatoms. The smallest absolute Gasteiger partial charge is 0.188 e. The van der Waals surface area contributed by atoms with Crippen LogP contribution in [0.3, 0.4) is 0 Å². The van der Waals surface area contributed by atoms with Gasteiger partial charge in [0.2, 0.25) is 0 Å². The first kappa shape index (κ1) is 11.1. The third-order valence-corrected chi connectivity index (χ3v) is 2.07. The molecule has 0 saturated carbocycles. The van der Waals surface area contributed by atoms with E-state index in [1.807, 2.05) is 0 Å². The lowest BCUT2D eigenvalue weighted by molar-refractivity contribution is 0.261. The van der Waals surface area contributed by atoms with Gasteiger partial charge in [-0.3, -0.25) is 0 Å². The van der Waals surface area contributed by atoms with E-state index in [0.29, 0.717) is 18.4 Å². The molecule has 1 unspecified atom stereocenters. The number of aryl methyl sites for hydroxylation is 1. The largest absolute Gasteiger partial charge is 0.396 e. The van der Waals surface area contributed by atoms with Crippen molar-refractivity contribution in [1.82, 2.24) is 25.5 Å². The van der Waals surface area contributed by atoms with Crippen LogP contribution in [0.5, 0.6) is 0 Å². The molecule has 14 heavy (non-hydrogen) atoms. The van der Waals surface area contributed by atoms with E-state index in [9.17, 15) is 0 Å². The number of nitrogens with zero attached hydrogens (tertiary/aromatic N) is 4. The van der Waals surface area contributed by atoms with Gasteiger partial charge in [0.1, 0.15) is 0 Å². The number of tetrazole rings is 1. The highest BCUT2D eigenvalue weighted by molar-refractivity contribution is 4.77. The van der Waals surface area contributed by atoms with Crippen molar-refractivity contribution in [3.05, 3.63) is 5.82 Å². The highest BCUT2D eigenvalue weighted by Gasteiger charge is 2.06. The van der Waals surface area contributed by atoms with Gasteiger partial charge in [-0.25, -0.2) is 0 Å². The van der Waals surface area contributed by atoms with Gasteiger partial charge >= 0.3 is 0 Å². The zero-order valence-electron chi connectivity index (χ0n) is 8.64. The fraction of sp³-hybridized carbons (Fsp3) is 0.875. The summed E-state index contributed by atoms with van der Waals surface area (Å²) in [5.41, 5.74) is 0. The summed E-state index contributed by atoms with van der Waals surface area (Å²) < 4.78 is 0. The number of hydrogen-bond donors (Lipinski definition) is 2. The lowest BCUT2D eigenvalue weighted by atomic mass is 10.1. The van der Waals surface area contributed by atoms with Crippen LogP contribution in [0.15, 0.2) is 0 Å². The van der Waals surface area contributed by atoms with Gasteiger partial charge in [0, 0.05) is 12.6 Å². The second kappa shape index (κ2) is 5.66. The summed E-state index contributed by atoms with van der Waals surface area (Å²) in [5, 5.41) is 23.7. The number of hydrogen-bond acceptors (Lipinski definition) is 5. The minimum absolute atomic E-state index is 0.208. The molecule has 2 N–H and O–H groups in total. The molecule has 80 valence electrons. The zero-order valence-corrected chi connectivity index (χ0v) is 8.64. The summed E-state index contributed by atoms with van der Waals surface area (Å²) in [6.07, 6.45) is 1.75. The fourth-order valence-corrected chi connectivity index (χ4v) is 1.24. The number of aromatic nitrogens is 4. The first-order valence-corrected chi connectivity index (χ1v) is 4.83. The summed E-state index contributed by atoms with van der Waals surface area (Å²) in [5.74, 6) is 0.684. The third-order valence-electron chi connectivity index (χ3n) is 2.07. The first-order valence-electron chi connectivity index (χ1n) is 4.83. The lowest BCUT2D eigenvalue weighted by Gasteiger charge is -2.13. The van der Waals surface area contributed by atoms with Crippen molar-refractivity contribution in [3.63, 3.8) is 0 Å². The lowest BCUT2D eigenvalue weighted by Crippen LogP contribution is -2.29. The van der Waals surface area contributed by atoms with E-state index < -0.39 is 0 Å². The van der Waals surface area contributed by atoms with Gasteiger partial charge in [-0.2, -0.15) is 4.80 Å². The van der Waals surface area contributed by atoms with Gasteiger partial charge in [0.25, 0.3) is 0 Å². The molecule has 6 nitrogen and oxygen atoms in total. The second-order valence-corrected chi connectivity index (χ2v) is 3.19. The molecule has 0 saturated heterocycles. The van der Waals surface area contributed by atoms with Gasteiger partial charge in [-0.1, -0.05) is 6.92 Å². The van der Waals surface area contributed by atoms with E-state index in [-0.39, 0.29) is 6.61 Å². The van der Waals surface area contributed by atoms with Crippen LogP contribution in [-0.2, 0) is 13.6 Å². The quantitative estimate of drug-likeness (QED) is 0.643. The van der Waals surface area contributed by atoms with Crippen LogP contribution in [0.25, 0.3) is 0 Å². The van der Waals surface area contributed by atoms with Crippen molar-refractivity contribution < 1.29 is 5.11 Å². The molecule has 0 spiro atoms. The maximum Gasteiger partial charge on any atom is 0.188 e. The summed E-state index contributed by atoms with van der Waals surface area (Å²) in [4.78, 5) is 1.43. The van der Waals surface area contributed by atoms with Crippen LogP contribution < -0.4 is 5.32 Å². The SMILES string of the molecule is CCC(CCO)NCc1nnn(C)n1. The van der Waals surface area contributed by atoms with Gasteiger partial charge in [-0.15, -0.1) is 10.2 Å². The molecule has 0 aliphatic rings. The topological polar surface area (TPSA) is 75.9 Å². The van der Waals surface area contributed by atoms with Crippen LogP contribution in [0.2, 0.25) is 0 Å². The Hall–Kier alpha value is -1.01. The summed E-state index contributed by atoms with van der Waals surface area (Å²) in [6.45, 7) is 2.89. The van der Waals surface area contributed by atoms with Crippen molar-refractivity contribution >= 4 is 0 Å². The Labute approximate surface area is 83.3 Å². The highest BCUT2D eigenvalue weighted by Crippen LogP contribution is 1.97. The summed E-state index contributed by atoms with van der Waals surface area (Å²) in [6, 6.07) is 0.323. The van der Waals surface area contributed by atoms with E-state index in [2.05, 4.69) is 27.7 Å². The van der Waals surface area contributed by atoms with Gasteiger partial charge in [0.15, 0.2) is 5.82 Å². The van der Waals surface area contributed by atoms with Gasteiger partial charge in [-0.05, 0) is 18.1 Å². The van der Waals surface area contributed by atoms with Crippen molar-refractivity contribution in [2.75, 3.05) is 6.61 Å².